The van der Waals surface area contributed by atoms with E-state index >= 15 is 0 Å². The first kappa shape index (κ1) is 13.9. The van der Waals surface area contributed by atoms with Gasteiger partial charge in [0.2, 0.25) is 0 Å². The van der Waals surface area contributed by atoms with E-state index in [1.165, 1.54) is 0 Å². The van der Waals surface area contributed by atoms with Gasteiger partial charge in [-0.15, -0.1) is 0 Å². The van der Waals surface area contributed by atoms with Crippen LogP contribution in [0.15, 0.2) is 30.3 Å². The molecule has 5 heteroatoms. The number of benzene rings is 1. The summed E-state index contributed by atoms with van der Waals surface area (Å²) in [6.07, 6.45) is 2.34. The molecule has 0 saturated carbocycles. The number of carboxylic acids is 1. The summed E-state index contributed by atoms with van der Waals surface area (Å²) in [7, 11) is 1.78. The lowest BCUT2D eigenvalue weighted by atomic mass is 9.89. The molecule has 5 nitrogen and oxygen atoms in total. The lowest BCUT2D eigenvalue weighted by Crippen LogP contribution is -2.44. The first-order valence-electron chi connectivity index (χ1n) is 7.38. The smallest absolute Gasteiger partial charge is 0.320 e. The molecule has 2 aliphatic heterocycles. The maximum Gasteiger partial charge on any atom is 0.320 e. The van der Waals surface area contributed by atoms with E-state index in [4.69, 9.17) is 0 Å². The molecule has 0 aliphatic carbocycles. The third kappa shape index (κ3) is 2.48. The summed E-state index contributed by atoms with van der Waals surface area (Å²) in [5.41, 5.74) is 1.08. The van der Waals surface area contributed by atoms with Crippen molar-refractivity contribution < 1.29 is 14.7 Å². The predicted octanol–water partition coefficient (Wildman–Crippen LogP) is 2.18. The number of carboxylic acid groups (broad SMARTS) is 1. The number of rotatable bonds is 3. The maximum atomic E-state index is 12.6. The maximum absolute atomic E-state index is 12.6. The van der Waals surface area contributed by atoms with Gasteiger partial charge in [-0.3, -0.25) is 4.79 Å². The van der Waals surface area contributed by atoms with Gasteiger partial charge in [-0.2, -0.15) is 0 Å². The Labute approximate surface area is 124 Å². The van der Waals surface area contributed by atoms with Gasteiger partial charge in [-0.25, -0.2) is 4.79 Å². The molecule has 112 valence electrons. The van der Waals surface area contributed by atoms with E-state index < -0.39 is 11.9 Å². The highest BCUT2D eigenvalue weighted by atomic mass is 16.4. The van der Waals surface area contributed by atoms with Gasteiger partial charge in [-0.05, 0) is 24.8 Å². The van der Waals surface area contributed by atoms with Crippen molar-refractivity contribution in [2.24, 2.45) is 5.92 Å². The highest BCUT2D eigenvalue weighted by molar-refractivity contribution is 5.79. The second kappa shape index (κ2) is 5.39. The van der Waals surface area contributed by atoms with Gasteiger partial charge in [0.05, 0.1) is 5.92 Å². The van der Waals surface area contributed by atoms with Crippen LogP contribution in [-0.2, 0) is 11.3 Å². The molecular formula is C16H20N2O3. The molecule has 2 amide bonds. The molecule has 3 rings (SSSR count). The van der Waals surface area contributed by atoms with E-state index in [2.05, 4.69) is 0 Å². The van der Waals surface area contributed by atoms with Crippen molar-refractivity contribution in [2.75, 3.05) is 7.05 Å². The summed E-state index contributed by atoms with van der Waals surface area (Å²) in [6.45, 7) is 0.549. The number of amides is 2. The molecule has 21 heavy (non-hydrogen) atoms. The second-order valence-electron chi connectivity index (χ2n) is 6.01. The first-order chi connectivity index (χ1) is 10.1. The van der Waals surface area contributed by atoms with Gasteiger partial charge in [0.15, 0.2) is 0 Å². The lowest BCUT2D eigenvalue weighted by Gasteiger charge is -2.29. The zero-order valence-corrected chi connectivity index (χ0v) is 12.1. The fourth-order valence-electron chi connectivity index (χ4n) is 3.67. The van der Waals surface area contributed by atoms with Gasteiger partial charge in [0.1, 0.15) is 0 Å². The summed E-state index contributed by atoms with van der Waals surface area (Å²) in [6, 6.07) is 9.76. The Morgan fingerprint density at radius 3 is 2.62 bits per heavy atom. The number of carbonyl (C=O) groups is 2. The lowest BCUT2D eigenvalue weighted by molar-refractivity contribution is -0.142. The molecular weight excluding hydrogens is 268 g/mol. The van der Waals surface area contributed by atoms with E-state index in [9.17, 15) is 14.7 Å². The average Bonchev–Trinajstić information content (AvgIpc) is 3.05. The van der Waals surface area contributed by atoms with E-state index in [0.29, 0.717) is 13.0 Å². The standard InChI is InChI=1S/C16H20N2O3/c1-17(10-11-5-3-2-4-6-11)16(21)18-12-7-8-14(18)13(9-12)15(19)20/h2-6,12-14H,7-10H2,1H3,(H,19,20)/t12-,13+,14-/m0/s1. The quantitative estimate of drug-likeness (QED) is 0.927. The van der Waals surface area contributed by atoms with Crippen LogP contribution in [0.2, 0.25) is 0 Å². The molecule has 2 bridgehead atoms. The Morgan fingerprint density at radius 2 is 2.00 bits per heavy atom. The SMILES string of the molecule is CN(Cc1ccccc1)C(=O)N1[C@H]2CC[C@H]1[C@H](C(=O)O)C2. The van der Waals surface area contributed by atoms with Crippen molar-refractivity contribution in [3.8, 4) is 0 Å². The van der Waals surface area contributed by atoms with Gasteiger partial charge in [0, 0.05) is 25.7 Å². The first-order valence-corrected chi connectivity index (χ1v) is 7.38. The van der Waals surface area contributed by atoms with Crippen LogP contribution in [0.3, 0.4) is 0 Å². The van der Waals surface area contributed by atoms with Crippen LogP contribution in [0.4, 0.5) is 4.79 Å². The van der Waals surface area contributed by atoms with Gasteiger partial charge in [0.25, 0.3) is 0 Å². The van der Waals surface area contributed by atoms with Crippen LogP contribution < -0.4 is 0 Å². The van der Waals surface area contributed by atoms with Crippen molar-refractivity contribution in [1.29, 1.82) is 0 Å². The van der Waals surface area contributed by atoms with Crippen LogP contribution in [0, 0.1) is 5.92 Å². The van der Waals surface area contributed by atoms with Crippen molar-refractivity contribution in [3.63, 3.8) is 0 Å². The number of hydrogen-bond donors (Lipinski definition) is 1. The normalized spacial score (nSPS) is 26.9. The van der Waals surface area contributed by atoms with E-state index in [1.807, 2.05) is 35.2 Å². The summed E-state index contributed by atoms with van der Waals surface area (Å²) in [5.74, 6) is -1.16. The highest BCUT2D eigenvalue weighted by Gasteiger charge is 2.51. The van der Waals surface area contributed by atoms with Crippen LogP contribution in [0.5, 0.6) is 0 Å². The van der Waals surface area contributed by atoms with Crippen molar-refractivity contribution in [1.82, 2.24) is 9.80 Å². The van der Waals surface area contributed by atoms with Crippen molar-refractivity contribution >= 4 is 12.0 Å². The molecule has 0 radical (unpaired) electrons. The Bertz CT molecular complexity index is 546. The molecule has 2 fully saturated rings. The predicted molar refractivity (Wildman–Crippen MR) is 77.7 cm³/mol. The zero-order chi connectivity index (χ0) is 15.0. The number of nitrogens with zero attached hydrogens (tertiary/aromatic N) is 2. The third-order valence-electron chi connectivity index (χ3n) is 4.66. The minimum atomic E-state index is -0.772. The van der Waals surface area contributed by atoms with E-state index in [1.54, 1.807) is 11.9 Å². The number of fused-ring (bicyclic) bond motifs is 2. The van der Waals surface area contributed by atoms with Crippen LogP contribution >= 0.6 is 0 Å². The number of carbonyl (C=O) groups excluding carboxylic acids is 1. The summed E-state index contributed by atoms with van der Waals surface area (Å²) in [4.78, 5) is 27.4. The van der Waals surface area contributed by atoms with Crippen molar-refractivity contribution in [2.45, 2.75) is 37.9 Å². The van der Waals surface area contributed by atoms with Gasteiger partial charge in [-0.1, -0.05) is 30.3 Å². The third-order valence-corrected chi connectivity index (χ3v) is 4.66. The van der Waals surface area contributed by atoms with Gasteiger partial charge >= 0.3 is 12.0 Å². The number of aliphatic carboxylic acids is 1. The second-order valence-corrected chi connectivity index (χ2v) is 6.01. The molecule has 2 aliphatic rings. The molecule has 1 aromatic carbocycles. The molecule has 1 N–H and O–H groups in total. The fourth-order valence-corrected chi connectivity index (χ4v) is 3.67. The van der Waals surface area contributed by atoms with Gasteiger partial charge < -0.3 is 14.9 Å². The zero-order valence-electron chi connectivity index (χ0n) is 12.1. The largest absolute Gasteiger partial charge is 0.481 e. The Kier molecular flexibility index (Phi) is 3.57. The highest BCUT2D eigenvalue weighted by Crippen LogP contribution is 2.42. The monoisotopic (exact) mass is 288 g/mol. The Balaban J connectivity index is 1.69. The number of urea groups is 1. The minimum absolute atomic E-state index is 0.0462. The Hall–Kier alpha value is -2.04. The average molecular weight is 288 g/mol. The summed E-state index contributed by atoms with van der Waals surface area (Å²) >= 11 is 0. The topological polar surface area (TPSA) is 60.9 Å². The van der Waals surface area contributed by atoms with E-state index in [-0.39, 0.29) is 18.1 Å². The van der Waals surface area contributed by atoms with Crippen LogP contribution in [-0.4, -0.2) is 46.0 Å². The molecule has 2 heterocycles. The van der Waals surface area contributed by atoms with Crippen LogP contribution in [0.1, 0.15) is 24.8 Å². The molecule has 0 unspecified atom stereocenters. The minimum Gasteiger partial charge on any atom is -0.481 e. The number of hydrogen-bond acceptors (Lipinski definition) is 2. The van der Waals surface area contributed by atoms with Crippen LogP contribution in [0.25, 0.3) is 0 Å². The van der Waals surface area contributed by atoms with Crippen molar-refractivity contribution in [3.05, 3.63) is 35.9 Å². The fraction of sp³-hybridized carbons (Fsp3) is 0.500. The molecule has 0 aromatic heterocycles. The summed E-state index contributed by atoms with van der Waals surface area (Å²) in [5, 5.41) is 9.26. The molecule has 0 spiro atoms. The Morgan fingerprint density at radius 1 is 1.29 bits per heavy atom. The summed E-state index contributed by atoms with van der Waals surface area (Å²) < 4.78 is 0. The molecule has 1 aromatic rings. The van der Waals surface area contributed by atoms with E-state index in [0.717, 1.165) is 18.4 Å². The molecule has 2 saturated heterocycles. The molecule has 3 atom stereocenters.